The Bertz CT molecular complexity index is 1250. The Morgan fingerprint density at radius 3 is 2.81 bits per heavy atom. The number of nitrogens with zero attached hydrogens (tertiary/aromatic N) is 3. The van der Waals surface area contributed by atoms with Crippen molar-refractivity contribution in [3.63, 3.8) is 0 Å². The van der Waals surface area contributed by atoms with Crippen LogP contribution in [0.2, 0.25) is 0 Å². The smallest absolute Gasteiger partial charge is 0.223 e. The van der Waals surface area contributed by atoms with Gasteiger partial charge in [-0.15, -0.1) is 11.3 Å². The minimum atomic E-state index is -0.539. The van der Waals surface area contributed by atoms with E-state index in [4.69, 9.17) is 5.73 Å². The van der Waals surface area contributed by atoms with Crippen molar-refractivity contribution in [3.05, 3.63) is 72.5 Å². The van der Waals surface area contributed by atoms with Gasteiger partial charge in [-0.25, -0.2) is 19.3 Å². The number of benzene rings is 1. The van der Waals surface area contributed by atoms with Crippen LogP contribution in [0.4, 0.5) is 14.7 Å². The van der Waals surface area contributed by atoms with Crippen LogP contribution in [0.25, 0.3) is 31.8 Å². The number of aryl methyl sites for hydroxylation is 1. The van der Waals surface area contributed by atoms with E-state index in [-0.39, 0.29) is 5.69 Å². The van der Waals surface area contributed by atoms with Gasteiger partial charge in [0.15, 0.2) is 5.82 Å². The Kier molecular flexibility index (Phi) is 6.03. The molecule has 0 fully saturated rings. The molecule has 0 amide bonds. The van der Waals surface area contributed by atoms with Crippen LogP contribution >= 0.6 is 11.3 Å². The first kappa shape index (κ1) is 20.7. The first-order valence-electron chi connectivity index (χ1n) is 9.59. The Balaban J connectivity index is 1.69. The molecular formula is C22H20F2N6S. The topological polar surface area (TPSA) is 88.8 Å². The Hall–Kier alpha value is -3.59. The fourth-order valence-electron chi connectivity index (χ4n) is 3.20. The number of halogens is 2. The zero-order valence-electron chi connectivity index (χ0n) is 16.7. The highest BCUT2D eigenvalue weighted by molar-refractivity contribution is 7.22. The van der Waals surface area contributed by atoms with Gasteiger partial charge in [0.2, 0.25) is 11.9 Å². The molecule has 9 heteroatoms. The Morgan fingerprint density at radius 2 is 1.97 bits per heavy atom. The van der Waals surface area contributed by atoms with Crippen molar-refractivity contribution in [1.29, 1.82) is 0 Å². The number of pyridine rings is 1. The van der Waals surface area contributed by atoms with Gasteiger partial charge in [-0.1, -0.05) is 18.2 Å². The number of rotatable bonds is 7. The minimum absolute atomic E-state index is 0.220. The highest BCUT2D eigenvalue weighted by Crippen LogP contribution is 2.40. The second-order valence-corrected chi connectivity index (χ2v) is 7.84. The lowest BCUT2D eigenvalue weighted by Crippen LogP contribution is -2.18. The summed E-state index contributed by atoms with van der Waals surface area (Å²) in [5, 5.41) is 6.97. The molecule has 1 aromatic carbocycles. The van der Waals surface area contributed by atoms with Crippen LogP contribution in [0.3, 0.4) is 0 Å². The molecular weight excluding hydrogens is 418 g/mol. The molecule has 0 radical (unpaired) electrons. The highest BCUT2D eigenvalue weighted by Gasteiger charge is 2.16. The van der Waals surface area contributed by atoms with Crippen molar-refractivity contribution in [2.24, 2.45) is 5.73 Å². The number of nitrogens with two attached hydrogens (primary N) is 1. The summed E-state index contributed by atoms with van der Waals surface area (Å²) in [4.78, 5) is 12.8. The van der Waals surface area contributed by atoms with E-state index in [1.807, 2.05) is 31.2 Å². The SMILES string of the molecule is Cc1cnc(F)cc1-c1cccc2cc(-c3nc(NCCN/C=C\N)ncc3F)sc12. The van der Waals surface area contributed by atoms with Crippen molar-refractivity contribution in [2.75, 3.05) is 18.4 Å². The van der Waals surface area contributed by atoms with Gasteiger partial charge in [-0.2, -0.15) is 4.39 Å². The summed E-state index contributed by atoms with van der Waals surface area (Å²) < 4.78 is 29.3. The predicted octanol–water partition coefficient (Wildman–Crippen LogP) is 4.44. The van der Waals surface area contributed by atoms with Gasteiger partial charge in [-0.3, -0.25) is 0 Å². The van der Waals surface area contributed by atoms with Gasteiger partial charge in [-0.05, 0) is 35.1 Å². The largest absolute Gasteiger partial charge is 0.403 e. The molecule has 158 valence electrons. The molecule has 0 spiro atoms. The van der Waals surface area contributed by atoms with E-state index in [2.05, 4.69) is 25.6 Å². The lowest BCUT2D eigenvalue weighted by Gasteiger charge is -2.07. The molecule has 4 N–H and O–H groups in total. The van der Waals surface area contributed by atoms with E-state index in [0.717, 1.165) is 33.0 Å². The molecule has 0 saturated heterocycles. The van der Waals surface area contributed by atoms with Crippen LogP contribution in [0.15, 0.2) is 55.1 Å². The number of fused-ring (bicyclic) bond motifs is 1. The maximum Gasteiger partial charge on any atom is 0.223 e. The van der Waals surface area contributed by atoms with Gasteiger partial charge < -0.3 is 16.4 Å². The van der Waals surface area contributed by atoms with Crippen LogP contribution in [0.5, 0.6) is 0 Å². The summed E-state index contributed by atoms with van der Waals surface area (Å²) in [7, 11) is 0. The standard InChI is InChI=1S/C22H20F2N6S/c1-13-11-28-19(24)10-16(13)15-4-2-3-14-9-18(31-21(14)15)20-17(23)12-29-22(30-20)27-8-7-26-6-5-25/h2-6,9-12,26H,7-8,25H2,1H3,(H,27,29,30)/b6-5-. The van der Waals surface area contributed by atoms with Gasteiger partial charge in [0.25, 0.3) is 0 Å². The number of nitrogens with one attached hydrogen (secondary N) is 2. The highest BCUT2D eigenvalue weighted by atomic mass is 32.1. The third kappa shape index (κ3) is 4.46. The lowest BCUT2D eigenvalue weighted by molar-refractivity contribution is 0.583. The van der Waals surface area contributed by atoms with Crippen LogP contribution in [0.1, 0.15) is 5.56 Å². The quantitative estimate of drug-likeness (QED) is 0.292. The molecule has 3 aromatic heterocycles. The minimum Gasteiger partial charge on any atom is -0.403 e. The summed E-state index contributed by atoms with van der Waals surface area (Å²) in [6, 6.07) is 9.08. The maximum atomic E-state index is 14.6. The molecule has 0 aliphatic carbocycles. The Labute approximate surface area is 181 Å². The number of anilines is 1. The van der Waals surface area contributed by atoms with E-state index in [9.17, 15) is 8.78 Å². The fourth-order valence-corrected chi connectivity index (χ4v) is 4.38. The van der Waals surface area contributed by atoms with Crippen LogP contribution in [-0.2, 0) is 0 Å². The zero-order valence-corrected chi connectivity index (χ0v) is 17.5. The van der Waals surface area contributed by atoms with Gasteiger partial charge in [0.1, 0.15) is 5.69 Å². The molecule has 0 saturated carbocycles. The van der Waals surface area contributed by atoms with Gasteiger partial charge >= 0.3 is 0 Å². The molecule has 0 aliphatic rings. The van der Waals surface area contributed by atoms with Crippen LogP contribution < -0.4 is 16.4 Å². The molecule has 31 heavy (non-hydrogen) atoms. The summed E-state index contributed by atoms with van der Waals surface area (Å²) >= 11 is 1.41. The van der Waals surface area contributed by atoms with Crippen LogP contribution in [-0.4, -0.2) is 28.0 Å². The van der Waals surface area contributed by atoms with Crippen molar-refractivity contribution >= 4 is 27.4 Å². The Morgan fingerprint density at radius 1 is 1.10 bits per heavy atom. The fraction of sp³-hybridized carbons (Fsp3) is 0.136. The van der Waals surface area contributed by atoms with E-state index < -0.39 is 11.8 Å². The third-order valence-corrected chi connectivity index (χ3v) is 5.84. The van der Waals surface area contributed by atoms with E-state index in [1.165, 1.54) is 29.8 Å². The van der Waals surface area contributed by atoms with Crippen LogP contribution in [0, 0.1) is 18.7 Å². The predicted molar refractivity (Wildman–Crippen MR) is 121 cm³/mol. The van der Waals surface area contributed by atoms with Crippen molar-refractivity contribution in [1.82, 2.24) is 20.3 Å². The molecule has 4 rings (SSSR count). The average Bonchev–Trinajstić information content (AvgIpc) is 3.20. The van der Waals surface area contributed by atoms with Crippen molar-refractivity contribution < 1.29 is 8.78 Å². The normalized spacial score (nSPS) is 11.3. The number of hydrogen-bond acceptors (Lipinski definition) is 7. The van der Waals surface area contributed by atoms with Gasteiger partial charge in [0.05, 0.1) is 11.1 Å². The summed E-state index contributed by atoms with van der Waals surface area (Å²) in [6.45, 7) is 3.03. The zero-order chi connectivity index (χ0) is 21.8. The maximum absolute atomic E-state index is 14.6. The third-order valence-electron chi connectivity index (χ3n) is 4.65. The second kappa shape index (κ2) is 9.05. The van der Waals surface area contributed by atoms with E-state index in [0.29, 0.717) is 23.9 Å². The summed E-state index contributed by atoms with van der Waals surface area (Å²) in [5.74, 6) is -0.711. The molecule has 6 nitrogen and oxygen atoms in total. The molecule has 3 heterocycles. The van der Waals surface area contributed by atoms with Crippen molar-refractivity contribution in [2.45, 2.75) is 6.92 Å². The number of hydrogen-bond donors (Lipinski definition) is 3. The van der Waals surface area contributed by atoms with Gasteiger partial charge in [0, 0.05) is 42.5 Å². The molecule has 4 aromatic rings. The molecule has 0 unspecified atom stereocenters. The van der Waals surface area contributed by atoms with Crippen molar-refractivity contribution in [3.8, 4) is 21.7 Å². The van der Waals surface area contributed by atoms with E-state index in [1.54, 1.807) is 6.20 Å². The molecule has 0 bridgehead atoms. The lowest BCUT2D eigenvalue weighted by atomic mass is 10.0. The number of aromatic nitrogens is 3. The first-order chi connectivity index (χ1) is 15.1. The summed E-state index contributed by atoms with van der Waals surface area (Å²) in [5.41, 5.74) is 7.98. The summed E-state index contributed by atoms with van der Waals surface area (Å²) in [6.07, 6.45) is 5.71. The molecule has 0 atom stereocenters. The monoisotopic (exact) mass is 438 g/mol. The number of thiophene rings is 1. The second-order valence-electron chi connectivity index (χ2n) is 6.79. The molecule has 0 aliphatic heterocycles. The first-order valence-corrected chi connectivity index (χ1v) is 10.4. The van der Waals surface area contributed by atoms with E-state index >= 15 is 0 Å². The average molecular weight is 439 g/mol.